The van der Waals surface area contributed by atoms with E-state index < -0.39 is 0 Å². The number of hydrogen-bond donors (Lipinski definition) is 0. The molecule has 0 aliphatic carbocycles. The Morgan fingerprint density at radius 1 is 0.950 bits per heavy atom. The predicted octanol–water partition coefficient (Wildman–Crippen LogP) is 5.11. The molecule has 20 heavy (non-hydrogen) atoms. The van der Waals surface area contributed by atoms with Crippen molar-refractivity contribution < 1.29 is 4.79 Å². The normalized spacial score (nSPS) is 14.7. The molecule has 1 nitrogen and oxygen atoms in total. The van der Waals surface area contributed by atoms with E-state index in [2.05, 4.69) is 13.8 Å². The molecule has 0 saturated carbocycles. The lowest BCUT2D eigenvalue weighted by Gasteiger charge is -2.21. The average Bonchev–Trinajstić information content (AvgIpc) is 3.06. The second-order valence-electron chi connectivity index (χ2n) is 4.81. The summed E-state index contributed by atoms with van der Waals surface area (Å²) in [6.45, 7) is 12.2. The van der Waals surface area contributed by atoms with Gasteiger partial charge in [0.25, 0.3) is 0 Å². The Hall–Kier alpha value is -0.760. The second-order valence-corrected chi connectivity index (χ2v) is 7.64. The number of carbonyl (C=O) groups excluding carboxylic acids is 1. The van der Waals surface area contributed by atoms with E-state index in [0.717, 1.165) is 5.56 Å². The Bertz CT molecular complexity index is 364. The van der Waals surface area contributed by atoms with Crippen molar-refractivity contribution in [3.8, 4) is 0 Å². The standard InChI is InChI=1S/C14H19OS.2C2H6/c1-14(2,16-10-6-7-11-16)13(15)12-8-4-3-5-9-12;2*1-2/h3-5,8-9H,6-7,10-11H2,1-2H3;2*1-2H3/q+1;;. The smallest absolute Gasteiger partial charge is 0.217 e. The molecular formula is C18H31OS+. The van der Waals surface area contributed by atoms with Crippen LogP contribution >= 0.6 is 0 Å². The summed E-state index contributed by atoms with van der Waals surface area (Å²) < 4.78 is -0.169. The second kappa shape index (κ2) is 10.0. The maximum atomic E-state index is 12.5. The summed E-state index contributed by atoms with van der Waals surface area (Å²) in [7, 11) is 0.282. The fourth-order valence-electron chi connectivity index (χ4n) is 2.23. The van der Waals surface area contributed by atoms with Crippen LogP contribution in [0, 0.1) is 0 Å². The zero-order valence-electron chi connectivity index (χ0n) is 14.0. The highest BCUT2D eigenvalue weighted by molar-refractivity contribution is 7.99. The van der Waals surface area contributed by atoms with Crippen LogP contribution in [0.3, 0.4) is 0 Å². The molecule has 0 N–H and O–H groups in total. The Morgan fingerprint density at radius 3 is 1.85 bits per heavy atom. The molecule has 0 amide bonds. The van der Waals surface area contributed by atoms with E-state index >= 15 is 0 Å². The van der Waals surface area contributed by atoms with E-state index in [4.69, 9.17) is 0 Å². The summed E-state index contributed by atoms with van der Waals surface area (Å²) in [5.41, 5.74) is 0.868. The Kier molecular flexibility index (Phi) is 9.66. The molecule has 1 aliphatic rings. The van der Waals surface area contributed by atoms with E-state index in [1.54, 1.807) is 0 Å². The molecule has 1 saturated heterocycles. The van der Waals surface area contributed by atoms with Crippen molar-refractivity contribution in [2.45, 2.75) is 59.1 Å². The van der Waals surface area contributed by atoms with Gasteiger partial charge < -0.3 is 0 Å². The third-order valence-electron chi connectivity index (χ3n) is 3.34. The van der Waals surface area contributed by atoms with Gasteiger partial charge in [-0.3, -0.25) is 4.79 Å². The number of hydrogen-bond acceptors (Lipinski definition) is 1. The van der Waals surface area contributed by atoms with Crippen LogP contribution in [0.2, 0.25) is 0 Å². The highest BCUT2D eigenvalue weighted by atomic mass is 32.2. The van der Waals surface area contributed by atoms with Gasteiger partial charge in [-0.1, -0.05) is 58.0 Å². The van der Waals surface area contributed by atoms with Crippen LogP contribution in [-0.2, 0) is 10.9 Å². The fraction of sp³-hybridized carbons (Fsp3) is 0.611. The number of rotatable bonds is 3. The van der Waals surface area contributed by atoms with Gasteiger partial charge in [0.15, 0.2) is 4.75 Å². The van der Waals surface area contributed by atoms with Crippen molar-refractivity contribution in [1.29, 1.82) is 0 Å². The summed E-state index contributed by atoms with van der Waals surface area (Å²) in [6.07, 6.45) is 2.60. The molecule has 0 aromatic heterocycles. The van der Waals surface area contributed by atoms with Gasteiger partial charge in [-0.25, -0.2) is 0 Å². The Balaban J connectivity index is 0.000000829. The third-order valence-corrected chi connectivity index (χ3v) is 6.53. The summed E-state index contributed by atoms with van der Waals surface area (Å²) in [6, 6.07) is 9.72. The molecule has 0 bridgehead atoms. The van der Waals surface area contributed by atoms with Gasteiger partial charge in [-0.15, -0.1) is 0 Å². The minimum Gasteiger partial charge on any atom is -0.288 e. The number of Topliss-reactive ketones (excluding diaryl/α,β-unsaturated/α-hetero) is 1. The molecule has 1 aromatic rings. The molecule has 2 heteroatoms. The van der Waals surface area contributed by atoms with Crippen molar-refractivity contribution in [3.63, 3.8) is 0 Å². The van der Waals surface area contributed by atoms with Crippen LogP contribution in [0.4, 0.5) is 0 Å². The molecule has 0 atom stereocenters. The average molecular weight is 296 g/mol. The highest BCUT2D eigenvalue weighted by Gasteiger charge is 2.46. The molecule has 0 unspecified atom stereocenters. The fourth-order valence-corrected chi connectivity index (χ4v) is 4.94. The van der Waals surface area contributed by atoms with Crippen LogP contribution in [0.1, 0.15) is 64.7 Å². The van der Waals surface area contributed by atoms with E-state index in [1.165, 1.54) is 24.3 Å². The van der Waals surface area contributed by atoms with Gasteiger partial charge in [0, 0.05) is 16.5 Å². The van der Waals surface area contributed by atoms with E-state index in [9.17, 15) is 4.79 Å². The van der Waals surface area contributed by atoms with Crippen LogP contribution in [0.15, 0.2) is 30.3 Å². The summed E-state index contributed by atoms with van der Waals surface area (Å²) in [4.78, 5) is 12.5. The van der Waals surface area contributed by atoms with Crippen LogP contribution in [0.25, 0.3) is 0 Å². The zero-order valence-corrected chi connectivity index (χ0v) is 14.8. The van der Waals surface area contributed by atoms with Crippen molar-refractivity contribution in [2.24, 2.45) is 0 Å². The molecule has 0 spiro atoms. The first-order valence-electron chi connectivity index (χ1n) is 7.90. The van der Waals surface area contributed by atoms with Gasteiger partial charge >= 0.3 is 0 Å². The van der Waals surface area contributed by atoms with Gasteiger partial charge in [-0.2, -0.15) is 0 Å². The summed E-state index contributed by atoms with van der Waals surface area (Å²) in [5.74, 6) is 2.80. The van der Waals surface area contributed by atoms with Crippen molar-refractivity contribution in [3.05, 3.63) is 35.9 Å². The predicted molar refractivity (Wildman–Crippen MR) is 93.9 cm³/mol. The Morgan fingerprint density at radius 2 is 1.40 bits per heavy atom. The molecule has 1 heterocycles. The number of benzene rings is 1. The lowest BCUT2D eigenvalue weighted by molar-refractivity contribution is 0.0956. The first-order chi connectivity index (χ1) is 9.62. The molecular weight excluding hydrogens is 264 g/mol. The molecule has 1 fully saturated rings. The SMILES string of the molecule is CC.CC.CC(C)(C(=O)c1ccccc1)[S+]1CCCC1. The minimum absolute atomic E-state index is 0.169. The highest BCUT2D eigenvalue weighted by Crippen LogP contribution is 2.30. The van der Waals surface area contributed by atoms with Crippen LogP contribution in [-0.4, -0.2) is 22.0 Å². The van der Waals surface area contributed by atoms with Gasteiger partial charge in [-0.05, 0) is 26.7 Å². The topological polar surface area (TPSA) is 17.1 Å². The van der Waals surface area contributed by atoms with Crippen molar-refractivity contribution in [1.82, 2.24) is 0 Å². The third kappa shape index (κ3) is 4.97. The largest absolute Gasteiger partial charge is 0.288 e. The zero-order chi connectivity index (χ0) is 15.6. The summed E-state index contributed by atoms with van der Waals surface area (Å²) >= 11 is 0. The quantitative estimate of drug-likeness (QED) is 0.559. The first kappa shape index (κ1) is 19.2. The lowest BCUT2D eigenvalue weighted by atomic mass is 10.0. The lowest BCUT2D eigenvalue weighted by Crippen LogP contribution is -2.41. The maximum Gasteiger partial charge on any atom is 0.217 e. The molecule has 2 rings (SSSR count). The van der Waals surface area contributed by atoms with Crippen LogP contribution in [0.5, 0.6) is 0 Å². The van der Waals surface area contributed by atoms with E-state index in [0.29, 0.717) is 5.78 Å². The maximum absolute atomic E-state index is 12.5. The van der Waals surface area contributed by atoms with Crippen molar-refractivity contribution >= 4 is 16.7 Å². The monoisotopic (exact) mass is 295 g/mol. The van der Waals surface area contributed by atoms with Gasteiger partial charge in [0.1, 0.15) is 11.5 Å². The molecule has 114 valence electrons. The minimum atomic E-state index is -0.169. The first-order valence-corrected chi connectivity index (χ1v) is 9.46. The number of carbonyl (C=O) groups is 1. The molecule has 0 radical (unpaired) electrons. The summed E-state index contributed by atoms with van der Waals surface area (Å²) in [5, 5.41) is 0. The number of ketones is 1. The van der Waals surface area contributed by atoms with Gasteiger partial charge in [0.2, 0.25) is 5.78 Å². The van der Waals surface area contributed by atoms with Crippen molar-refractivity contribution in [2.75, 3.05) is 11.5 Å². The van der Waals surface area contributed by atoms with E-state index in [1.807, 2.05) is 58.0 Å². The van der Waals surface area contributed by atoms with Crippen LogP contribution < -0.4 is 0 Å². The Labute approximate surface area is 128 Å². The van der Waals surface area contributed by atoms with Gasteiger partial charge in [0.05, 0.1) is 0 Å². The van der Waals surface area contributed by atoms with E-state index in [-0.39, 0.29) is 15.6 Å². The molecule has 1 aromatic carbocycles. The molecule has 1 aliphatic heterocycles.